The van der Waals surface area contributed by atoms with Crippen LogP contribution >= 0.6 is 11.6 Å². The van der Waals surface area contributed by atoms with Crippen molar-refractivity contribution in [3.8, 4) is 11.1 Å². The molecule has 2 rings (SSSR count). The number of halogens is 1. The van der Waals surface area contributed by atoms with Crippen molar-refractivity contribution in [2.45, 2.75) is 13.8 Å². The fourth-order valence-corrected chi connectivity index (χ4v) is 2.34. The van der Waals surface area contributed by atoms with Crippen LogP contribution in [0.2, 0.25) is 5.02 Å². The molecule has 0 atom stereocenters. The van der Waals surface area contributed by atoms with Gasteiger partial charge in [0.05, 0.1) is 6.61 Å². The monoisotopic (exact) mass is 277 g/mol. The van der Waals surface area contributed by atoms with Crippen LogP contribution in [-0.2, 0) is 11.8 Å². The first kappa shape index (κ1) is 13.7. The van der Waals surface area contributed by atoms with E-state index >= 15 is 0 Å². The third-order valence-electron chi connectivity index (χ3n) is 2.97. The molecule has 1 aromatic heterocycles. The van der Waals surface area contributed by atoms with Crippen molar-refractivity contribution in [2.75, 3.05) is 6.61 Å². The van der Waals surface area contributed by atoms with E-state index in [1.165, 1.54) is 0 Å². The van der Waals surface area contributed by atoms with Gasteiger partial charge in [0.1, 0.15) is 5.69 Å². The number of aromatic nitrogens is 1. The van der Waals surface area contributed by atoms with Crippen LogP contribution in [0, 0.1) is 6.92 Å². The fraction of sp³-hybridized carbons (Fsp3) is 0.267. The molecule has 0 aliphatic heterocycles. The molecule has 0 fully saturated rings. The van der Waals surface area contributed by atoms with Crippen molar-refractivity contribution in [3.63, 3.8) is 0 Å². The van der Waals surface area contributed by atoms with Gasteiger partial charge in [-0.05, 0) is 37.1 Å². The Labute approximate surface area is 117 Å². The van der Waals surface area contributed by atoms with Crippen LogP contribution in [0.15, 0.2) is 30.5 Å². The highest BCUT2D eigenvalue weighted by molar-refractivity contribution is 6.30. The summed E-state index contributed by atoms with van der Waals surface area (Å²) < 4.78 is 6.92. The lowest BCUT2D eigenvalue weighted by Gasteiger charge is -2.08. The second-order valence-corrected chi connectivity index (χ2v) is 4.81. The molecule has 0 unspecified atom stereocenters. The second-order valence-electron chi connectivity index (χ2n) is 4.37. The van der Waals surface area contributed by atoms with E-state index in [9.17, 15) is 4.79 Å². The fourth-order valence-electron chi connectivity index (χ4n) is 2.21. The van der Waals surface area contributed by atoms with Crippen LogP contribution in [0.4, 0.5) is 0 Å². The third kappa shape index (κ3) is 2.66. The van der Waals surface area contributed by atoms with Gasteiger partial charge < -0.3 is 9.30 Å². The number of ether oxygens (including phenoxy) is 1. The molecule has 3 nitrogen and oxygen atoms in total. The van der Waals surface area contributed by atoms with Crippen LogP contribution in [0.3, 0.4) is 0 Å². The molecule has 0 amide bonds. The highest BCUT2D eigenvalue weighted by Crippen LogP contribution is 2.30. The molecule has 0 saturated carbocycles. The Morgan fingerprint density at radius 2 is 1.95 bits per heavy atom. The normalized spacial score (nSPS) is 10.5. The number of carbonyl (C=O) groups excluding carboxylic acids is 1. The van der Waals surface area contributed by atoms with Crippen LogP contribution in [0.25, 0.3) is 11.1 Å². The molecule has 1 heterocycles. The maximum absolute atomic E-state index is 12.1. The summed E-state index contributed by atoms with van der Waals surface area (Å²) >= 11 is 5.90. The minimum absolute atomic E-state index is 0.303. The summed E-state index contributed by atoms with van der Waals surface area (Å²) in [6.45, 7) is 4.14. The average Bonchev–Trinajstić information content (AvgIpc) is 2.65. The Balaban J connectivity index is 2.56. The van der Waals surface area contributed by atoms with E-state index in [0.29, 0.717) is 17.3 Å². The Bertz CT molecular complexity index is 599. The summed E-state index contributed by atoms with van der Waals surface area (Å²) in [4.78, 5) is 12.1. The summed E-state index contributed by atoms with van der Waals surface area (Å²) in [5.41, 5.74) is 3.47. The van der Waals surface area contributed by atoms with Gasteiger partial charge in [0.15, 0.2) is 0 Å². The van der Waals surface area contributed by atoms with Gasteiger partial charge in [-0.25, -0.2) is 4.79 Å². The predicted molar refractivity (Wildman–Crippen MR) is 76.6 cm³/mol. The molecule has 0 radical (unpaired) electrons. The predicted octanol–water partition coefficient (Wildman–Crippen LogP) is 3.83. The van der Waals surface area contributed by atoms with Crippen LogP contribution in [0.5, 0.6) is 0 Å². The molecule has 0 N–H and O–H groups in total. The van der Waals surface area contributed by atoms with Crippen LogP contribution in [0.1, 0.15) is 23.0 Å². The Kier molecular flexibility index (Phi) is 3.96. The topological polar surface area (TPSA) is 31.2 Å². The highest BCUT2D eigenvalue weighted by atomic mass is 35.5. The van der Waals surface area contributed by atoms with Crippen molar-refractivity contribution in [1.29, 1.82) is 0 Å². The molecule has 19 heavy (non-hydrogen) atoms. The third-order valence-corrected chi connectivity index (χ3v) is 3.22. The summed E-state index contributed by atoms with van der Waals surface area (Å²) in [5, 5.41) is 0.676. The van der Waals surface area contributed by atoms with E-state index in [-0.39, 0.29) is 5.97 Å². The lowest BCUT2D eigenvalue weighted by Crippen LogP contribution is -2.10. The first-order valence-electron chi connectivity index (χ1n) is 6.13. The van der Waals surface area contributed by atoms with Gasteiger partial charge >= 0.3 is 5.97 Å². The van der Waals surface area contributed by atoms with Gasteiger partial charge in [-0.3, -0.25) is 0 Å². The standard InChI is InChI=1S/C15H16ClNO2/c1-4-19-15(18)14-13(10(2)9-17(14)3)11-5-7-12(16)8-6-11/h5-9H,4H2,1-3H3. The molecule has 0 aliphatic carbocycles. The SMILES string of the molecule is CCOC(=O)c1c(-c2ccc(Cl)cc2)c(C)cn1C. The maximum atomic E-state index is 12.1. The quantitative estimate of drug-likeness (QED) is 0.799. The van der Waals surface area contributed by atoms with Crippen molar-refractivity contribution in [2.24, 2.45) is 7.05 Å². The summed E-state index contributed by atoms with van der Waals surface area (Å²) in [6, 6.07) is 7.46. The molecule has 4 heteroatoms. The molecule has 100 valence electrons. The van der Waals surface area contributed by atoms with Gasteiger partial charge in [0.2, 0.25) is 0 Å². The Morgan fingerprint density at radius 3 is 2.53 bits per heavy atom. The maximum Gasteiger partial charge on any atom is 0.355 e. The summed E-state index contributed by atoms with van der Waals surface area (Å²) in [6.07, 6.45) is 1.93. The zero-order chi connectivity index (χ0) is 14.0. The average molecular weight is 278 g/mol. The number of nitrogens with zero attached hydrogens (tertiary/aromatic N) is 1. The summed E-state index contributed by atoms with van der Waals surface area (Å²) in [7, 11) is 1.85. The zero-order valence-corrected chi connectivity index (χ0v) is 12.0. The number of benzene rings is 1. The number of hydrogen-bond donors (Lipinski definition) is 0. The van der Waals surface area contributed by atoms with E-state index in [0.717, 1.165) is 16.7 Å². The Morgan fingerprint density at radius 1 is 1.32 bits per heavy atom. The summed E-state index contributed by atoms with van der Waals surface area (Å²) in [5.74, 6) is -0.303. The van der Waals surface area contributed by atoms with Gasteiger partial charge in [-0.15, -0.1) is 0 Å². The molecule has 0 saturated heterocycles. The largest absolute Gasteiger partial charge is 0.461 e. The van der Waals surface area contributed by atoms with Gasteiger partial charge in [-0.1, -0.05) is 23.7 Å². The molecule has 1 aromatic carbocycles. The van der Waals surface area contributed by atoms with E-state index in [2.05, 4.69) is 0 Å². The van der Waals surface area contributed by atoms with Gasteiger partial charge in [0.25, 0.3) is 0 Å². The minimum Gasteiger partial charge on any atom is -0.461 e. The van der Waals surface area contributed by atoms with E-state index in [4.69, 9.17) is 16.3 Å². The lowest BCUT2D eigenvalue weighted by atomic mass is 10.0. The van der Waals surface area contributed by atoms with Gasteiger partial charge in [0, 0.05) is 23.8 Å². The van der Waals surface area contributed by atoms with Crippen molar-refractivity contribution < 1.29 is 9.53 Å². The van der Waals surface area contributed by atoms with E-state index < -0.39 is 0 Å². The highest BCUT2D eigenvalue weighted by Gasteiger charge is 2.20. The van der Waals surface area contributed by atoms with Crippen LogP contribution in [-0.4, -0.2) is 17.1 Å². The van der Waals surface area contributed by atoms with Gasteiger partial charge in [-0.2, -0.15) is 0 Å². The smallest absolute Gasteiger partial charge is 0.355 e. The number of esters is 1. The number of aryl methyl sites for hydroxylation is 2. The van der Waals surface area contributed by atoms with Crippen molar-refractivity contribution in [1.82, 2.24) is 4.57 Å². The number of hydrogen-bond acceptors (Lipinski definition) is 2. The molecule has 0 spiro atoms. The molecular formula is C15H16ClNO2. The Hall–Kier alpha value is -1.74. The minimum atomic E-state index is -0.303. The van der Waals surface area contributed by atoms with E-state index in [1.807, 2.05) is 44.4 Å². The first-order chi connectivity index (χ1) is 9.04. The van der Waals surface area contributed by atoms with Crippen LogP contribution < -0.4 is 0 Å². The second kappa shape index (κ2) is 5.49. The van der Waals surface area contributed by atoms with Crippen molar-refractivity contribution >= 4 is 17.6 Å². The molecule has 2 aromatic rings. The number of rotatable bonds is 3. The zero-order valence-electron chi connectivity index (χ0n) is 11.2. The number of carbonyl (C=O) groups is 1. The van der Waals surface area contributed by atoms with Crippen molar-refractivity contribution in [3.05, 3.63) is 46.7 Å². The molecule has 0 bridgehead atoms. The van der Waals surface area contributed by atoms with E-state index in [1.54, 1.807) is 11.5 Å². The lowest BCUT2D eigenvalue weighted by molar-refractivity contribution is 0.0516. The first-order valence-corrected chi connectivity index (χ1v) is 6.51. The molecule has 0 aliphatic rings. The molecular weight excluding hydrogens is 262 g/mol.